The van der Waals surface area contributed by atoms with Gasteiger partial charge in [0.05, 0.1) is 18.6 Å². The molecule has 0 radical (unpaired) electrons. The third-order valence-electron chi connectivity index (χ3n) is 1.73. The highest BCUT2D eigenvalue weighted by molar-refractivity contribution is 8.13. The van der Waals surface area contributed by atoms with Crippen LogP contribution >= 0.6 is 10.7 Å². The Morgan fingerprint density at radius 1 is 1.47 bits per heavy atom. The van der Waals surface area contributed by atoms with E-state index in [0.717, 1.165) is 6.20 Å². The summed E-state index contributed by atoms with van der Waals surface area (Å²) in [5.41, 5.74) is 0.565. The highest BCUT2D eigenvalue weighted by Gasteiger charge is 2.13. The van der Waals surface area contributed by atoms with Gasteiger partial charge in [0.1, 0.15) is 16.5 Å². The van der Waals surface area contributed by atoms with Gasteiger partial charge >= 0.3 is 0 Å². The second-order valence-corrected chi connectivity index (χ2v) is 5.23. The first-order valence-electron chi connectivity index (χ1n) is 3.70. The van der Waals surface area contributed by atoms with Crippen LogP contribution in [0.25, 0.3) is 5.65 Å². The van der Waals surface area contributed by atoms with E-state index in [4.69, 9.17) is 15.9 Å². The SMILES string of the molecule is N#Cc1cnn2cc(S(=O)(=O)Cl)cnc12. The van der Waals surface area contributed by atoms with Crippen LogP contribution < -0.4 is 0 Å². The molecular formula is C7H3ClN4O2S. The van der Waals surface area contributed by atoms with Gasteiger partial charge < -0.3 is 0 Å². The molecule has 0 aliphatic heterocycles. The van der Waals surface area contributed by atoms with Gasteiger partial charge in [0.25, 0.3) is 9.05 Å². The summed E-state index contributed by atoms with van der Waals surface area (Å²) in [6, 6.07) is 1.88. The van der Waals surface area contributed by atoms with Crippen LogP contribution in [0, 0.1) is 11.3 Å². The monoisotopic (exact) mass is 242 g/mol. The second kappa shape index (κ2) is 3.18. The van der Waals surface area contributed by atoms with Crippen LogP contribution in [0.15, 0.2) is 23.5 Å². The van der Waals surface area contributed by atoms with Crippen molar-refractivity contribution in [1.29, 1.82) is 5.26 Å². The zero-order valence-electron chi connectivity index (χ0n) is 7.12. The fourth-order valence-corrected chi connectivity index (χ4v) is 1.71. The average Bonchev–Trinajstić information content (AvgIpc) is 2.58. The minimum atomic E-state index is -3.83. The predicted molar refractivity (Wildman–Crippen MR) is 50.7 cm³/mol. The van der Waals surface area contributed by atoms with E-state index in [1.165, 1.54) is 16.9 Å². The number of nitrogens with zero attached hydrogens (tertiary/aromatic N) is 4. The van der Waals surface area contributed by atoms with E-state index >= 15 is 0 Å². The molecule has 0 saturated heterocycles. The van der Waals surface area contributed by atoms with Gasteiger partial charge in [-0.1, -0.05) is 0 Å². The standard InChI is InChI=1S/C7H3ClN4O2S/c8-15(13,14)6-3-10-7-5(1-9)2-11-12(7)4-6/h2-4H. The topological polar surface area (TPSA) is 88.1 Å². The molecule has 0 aliphatic rings. The molecular weight excluding hydrogens is 240 g/mol. The first-order valence-corrected chi connectivity index (χ1v) is 6.01. The van der Waals surface area contributed by atoms with E-state index < -0.39 is 9.05 Å². The lowest BCUT2D eigenvalue weighted by molar-refractivity contribution is 0.608. The molecule has 2 aromatic rings. The summed E-state index contributed by atoms with van der Waals surface area (Å²) in [6.07, 6.45) is 3.58. The normalized spacial score (nSPS) is 11.5. The van der Waals surface area contributed by atoms with Gasteiger partial charge in [-0.3, -0.25) is 0 Å². The van der Waals surface area contributed by atoms with Crippen molar-refractivity contribution >= 4 is 25.4 Å². The Labute approximate surface area is 89.1 Å². The highest BCUT2D eigenvalue weighted by Crippen LogP contribution is 2.15. The summed E-state index contributed by atoms with van der Waals surface area (Å²) in [4.78, 5) is 3.63. The molecule has 0 unspecified atom stereocenters. The van der Waals surface area contributed by atoms with Gasteiger partial charge in [-0.25, -0.2) is 17.9 Å². The van der Waals surface area contributed by atoms with Crippen molar-refractivity contribution in [3.63, 3.8) is 0 Å². The number of hydrogen-bond acceptors (Lipinski definition) is 5. The maximum Gasteiger partial charge on any atom is 0.264 e. The maximum absolute atomic E-state index is 11.0. The van der Waals surface area contributed by atoms with Gasteiger partial charge in [-0.2, -0.15) is 10.4 Å². The molecule has 8 heteroatoms. The van der Waals surface area contributed by atoms with Gasteiger partial charge in [0.2, 0.25) is 0 Å². The number of rotatable bonds is 1. The predicted octanol–water partition coefficient (Wildman–Crippen LogP) is 0.528. The van der Waals surface area contributed by atoms with Gasteiger partial charge in [-0.05, 0) is 0 Å². The van der Waals surface area contributed by atoms with E-state index in [0.29, 0.717) is 5.65 Å². The molecule has 2 aromatic heterocycles. The lowest BCUT2D eigenvalue weighted by Crippen LogP contribution is -1.97. The zero-order chi connectivity index (χ0) is 11.1. The molecule has 2 heterocycles. The Balaban J connectivity index is 2.76. The lowest BCUT2D eigenvalue weighted by Gasteiger charge is -1.96. The van der Waals surface area contributed by atoms with Crippen LogP contribution in [0.3, 0.4) is 0 Å². The number of halogens is 1. The number of fused-ring (bicyclic) bond motifs is 1. The van der Waals surface area contributed by atoms with Crippen molar-refractivity contribution in [1.82, 2.24) is 14.6 Å². The summed E-state index contributed by atoms with van der Waals surface area (Å²) >= 11 is 0. The summed E-state index contributed by atoms with van der Waals surface area (Å²) < 4.78 is 23.1. The fraction of sp³-hybridized carbons (Fsp3) is 0. The molecule has 0 fully saturated rings. The van der Waals surface area contributed by atoms with Crippen molar-refractivity contribution in [3.05, 3.63) is 24.2 Å². The number of aromatic nitrogens is 3. The fourth-order valence-electron chi connectivity index (χ4n) is 1.06. The Morgan fingerprint density at radius 3 is 2.80 bits per heavy atom. The first kappa shape index (κ1) is 9.89. The summed E-state index contributed by atoms with van der Waals surface area (Å²) in [5, 5.41) is 12.4. The van der Waals surface area contributed by atoms with Crippen LogP contribution in [0.4, 0.5) is 0 Å². The third kappa shape index (κ3) is 1.65. The zero-order valence-corrected chi connectivity index (χ0v) is 8.70. The van der Waals surface area contributed by atoms with Crippen molar-refractivity contribution < 1.29 is 8.42 Å². The molecule has 2 rings (SSSR count). The molecule has 0 atom stereocenters. The van der Waals surface area contributed by atoms with E-state index in [9.17, 15) is 8.42 Å². The average molecular weight is 243 g/mol. The molecule has 6 nitrogen and oxygen atoms in total. The van der Waals surface area contributed by atoms with Crippen molar-refractivity contribution in [3.8, 4) is 6.07 Å². The Hall–Kier alpha value is -1.65. The van der Waals surface area contributed by atoms with Crippen LogP contribution in [0.5, 0.6) is 0 Å². The molecule has 0 aromatic carbocycles. The van der Waals surface area contributed by atoms with E-state index in [1.54, 1.807) is 0 Å². The van der Waals surface area contributed by atoms with Gasteiger partial charge in [0.15, 0.2) is 5.65 Å². The largest absolute Gasteiger partial charge is 0.264 e. The van der Waals surface area contributed by atoms with Crippen molar-refractivity contribution in [2.45, 2.75) is 4.90 Å². The summed E-state index contributed by atoms with van der Waals surface area (Å²) in [5.74, 6) is 0. The number of hydrogen-bond donors (Lipinski definition) is 0. The Bertz CT molecular complexity index is 670. The minimum Gasteiger partial charge on any atom is -0.234 e. The second-order valence-electron chi connectivity index (χ2n) is 2.67. The van der Waals surface area contributed by atoms with E-state index in [2.05, 4.69) is 10.1 Å². The molecule has 0 bridgehead atoms. The van der Waals surface area contributed by atoms with Crippen molar-refractivity contribution in [2.75, 3.05) is 0 Å². The molecule has 15 heavy (non-hydrogen) atoms. The van der Waals surface area contributed by atoms with Crippen LogP contribution in [0.1, 0.15) is 5.56 Å². The molecule has 0 spiro atoms. The summed E-state index contributed by atoms with van der Waals surface area (Å²) in [6.45, 7) is 0. The first-order chi connectivity index (χ1) is 7.02. The van der Waals surface area contributed by atoms with Crippen LogP contribution in [0.2, 0.25) is 0 Å². The van der Waals surface area contributed by atoms with Crippen molar-refractivity contribution in [2.24, 2.45) is 0 Å². The quantitative estimate of drug-likeness (QED) is 0.681. The third-order valence-corrected chi connectivity index (χ3v) is 3.04. The van der Waals surface area contributed by atoms with E-state index in [1.807, 2.05) is 6.07 Å². The van der Waals surface area contributed by atoms with Crippen LogP contribution in [-0.4, -0.2) is 23.0 Å². The Kier molecular flexibility index (Phi) is 2.10. The highest BCUT2D eigenvalue weighted by atomic mass is 35.7. The molecule has 0 N–H and O–H groups in total. The molecule has 76 valence electrons. The molecule has 0 aliphatic carbocycles. The molecule has 0 saturated carbocycles. The minimum absolute atomic E-state index is 0.163. The van der Waals surface area contributed by atoms with Crippen LogP contribution in [-0.2, 0) is 9.05 Å². The Morgan fingerprint density at radius 2 is 2.20 bits per heavy atom. The summed E-state index contributed by atoms with van der Waals surface area (Å²) in [7, 11) is 1.30. The molecule has 0 amide bonds. The lowest BCUT2D eigenvalue weighted by atomic mass is 10.4. The van der Waals surface area contributed by atoms with Gasteiger partial charge in [0, 0.05) is 10.7 Å². The van der Waals surface area contributed by atoms with Gasteiger partial charge in [-0.15, -0.1) is 0 Å². The number of nitriles is 1. The van der Waals surface area contributed by atoms with E-state index in [-0.39, 0.29) is 10.5 Å². The smallest absolute Gasteiger partial charge is 0.234 e. The maximum atomic E-state index is 11.0.